The summed E-state index contributed by atoms with van der Waals surface area (Å²) in [4.78, 5) is 2.56. The van der Waals surface area contributed by atoms with Gasteiger partial charge in [0.2, 0.25) is 0 Å². The Morgan fingerprint density at radius 2 is 0.981 bits per heavy atom. The zero-order valence-electron chi connectivity index (χ0n) is 30.9. The van der Waals surface area contributed by atoms with Gasteiger partial charge in [-0.1, -0.05) is 155 Å². The fraction of sp³-hybridized carbons (Fsp3) is 0.115. The van der Waals surface area contributed by atoms with Crippen molar-refractivity contribution in [1.29, 1.82) is 0 Å². The minimum atomic E-state index is -0.140. The van der Waals surface area contributed by atoms with E-state index in [1.54, 1.807) is 0 Å². The highest BCUT2D eigenvalue weighted by Gasteiger charge is 2.41. The molecule has 0 saturated heterocycles. The Hall–Kier alpha value is -6.38. The number of nitrogens with zero attached hydrogens (tertiary/aromatic N) is 1. The summed E-state index contributed by atoms with van der Waals surface area (Å²) in [6.45, 7) is 9.46. The maximum absolute atomic E-state index is 6.95. The monoisotopic (exact) mass is 693 g/mol. The van der Waals surface area contributed by atoms with Gasteiger partial charge in [0.25, 0.3) is 0 Å². The minimum absolute atomic E-state index is 0.140. The highest BCUT2D eigenvalue weighted by atomic mass is 16.3. The zero-order valence-corrected chi connectivity index (χ0v) is 30.9. The van der Waals surface area contributed by atoms with Gasteiger partial charge < -0.3 is 9.32 Å². The third kappa shape index (κ3) is 4.17. The van der Waals surface area contributed by atoms with Crippen LogP contribution in [0.4, 0.5) is 17.1 Å². The van der Waals surface area contributed by atoms with Crippen LogP contribution >= 0.6 is 0 Å². The van der Waals surface area contributed by atoms with Crippen LogP contribution in [0.15, 0.2) is 168 Å². The van der Waals surface area contributed by atoms with Crippen molar-refractivity contribution in [3.05, 3.63) is 186 Å². The average molecular weight is 694 g/mol. The minimum Gasteiger partial charge on any atom is -0.455 e. The smallest absolute Gasteiger partial charge is 0.145 e. The fourth-order valence-corrected chi connectivity index (χ4v) is 9.81. The molecule has 54 heavy (non-hydrogen) atoms. The van der Waals surface area contributed by atoms with Crippen molar-refractivity contribution in [2.45, 2.75) is 38.5 Å². The molecule has 0 bridgehead atoms. The quantitative estimate of drug-likeness (QED) is 0.182. The van der Waals surface area contributed by atoms with E-state index >= 15 is 0 Å². The molecule has 2 aliphatic carbocycles. The van der Waals surface area contributed by atoms with Crippen LogP contribution in [-0.2, 0) is 10.8 Å². The summed E-state index contributed by atoms with van der Waals surface area (Å²) in [5, 5.41) is 4.67. The third-order valence-corrected chi connectivity index (χ3v) is 12.5. The molecule has 2 aliphatic rings. The van der Waals surface area contributed by atoms with Gasteiger partial charge in [-0.05, 0) is 86.1 Å². The fourth-order valence-electron chi connectivity index (χ4n) is 9.81. The van der Waals surface area contributed by atoms with Gasteiger partial charge in [0, 0.05) is 32.9 Å². The Kier molecular flexibility index (Phi) is 6.39. The molecular weight excluding hydrogens is 655 g/mol. The summed E-state index contributed by atoms with van der Waals surface area (Å²) in [5.74, 6) is 0. The number of fused-ring (bicyclic) bond motifs is 10. The number of rotatable bonds is 4. The van der Waals surface area contributed by atoms with Crippen molar-refractivity contribution in [1.82, 2.24) is 0 Å². The van der Waals surface area contributed by atoms with Gasteiger partial charge in [-0.2, -0.15) is 0 Å². The lowest BCUT2D eigenvalue weighted by atomic mass is 9.82. The van der Waals surface area contributed by atoms with Gasteiger partial charge in [0.05, 0.1) is 22.4 Å². The van der Waals surface area contributed by atoms with Crippen molar-refractivity contribution in [2.24, 2.45) is 0 Å². The molecule has 0 fully saturated rings. The van der Waals surface area contributed by atoms with Gasteiger partial charge in [-0.25, -0.2) is 0 Å². The van der Waals surface area contributed by atoms with Crippen LogP contribution < -0.4 is 4.90 Å². The molecule has 258 valence electrons. The zero-order chi connectivity index (χ0) is 36.3. The average Bonchev–Trinajstić information content (AvgIpc) is 3.79. The molecular formula is C52H39NO. The van der Waals surface area contributed by atoms with E-state index < -0.39 is 0 Å². The largest absolute Gasteiger partial charge is 0.455 e. The molecule has 0 radical (unpaired) electrons. The number of anilines is 3. The van der Waals surface area contributed by atoms with E-state index in [0.29, 0.717) is 0 Å². The molecule has 0 saturated carbocycles. The van der Waals surface area contributed by atoms with Gasteiger partial charge in [-0.15, -0.1) is 0 Å². The van der Waals surface area contributed by atoms with E-state index in [4.69, 9.17) is 4.42 Å². The molecule has 0 unspecified atom stereocenters. The highest BCUT2D eigenvalue weighted by molar-refractivity contribution is 6.18. The lowest BCUT2D eigenvalue weighted by molar-refractivity contribution is 0.660. The van der Waals surface area contributed by atoms with Crippen LogP contribution in [0.25, 0.3) is 66.1 Å². The highest BCUT2D eigenvalue weighted by Crippen LogP contribution is 2.59. The molecule has 0 atom stereocenters. The van der Waals surface area contributed by atoms with Crippen molar-refractivity contribution in [3.63, 3.8) is 0 Å². The van der Waals surface area contributed by atoms with Gasteiger partial charge in [0.15, 0.2) is 0 Å². The molecule has 2 nitrogen and oxygen atoms in total. The van der Waals surface area contributed by atoms with Crippen LogP contribution in [0.5, 0.6) is 0 Å². The lowest BCUT2D eigenvalue weighted by Crippen LogP contribution is -2.17. The predicted octanol–water partition coefficient (Wildman–Crippen LogP) is 14.5. The number of hydrogen-bond donors (Lipinski definition) is 0. The SMILES string of the molecule is CC1(C)c2ccccc2-c2c(N(c3cccc4c3-c3ccccc3C4(C)C)c3ccc(-c4ccc5ccccc5c4)c4oc5ccccc5c34)cccc21. The molecule has 1 heterocycles. The van der Waals surface area contributed by atoms with Crippen molar-refractivity contribution in [2.75, 3.05) is 4.90 Å². The standard InChI is InChI=1S/C52H39NO/c1-51(2)39-20-10-7-17-36(39)47-41(51)22-13-24-43(47)53(44-25-14-23-42-48(44)37-18-8-11-21-40(37)52(42,3)4)45-30-29-35(34-28-27-32-15-5-6-16-33(32)31-34)50-49(45)38-19-9-12-26-46(38)54-50/h5-31H,1-4H3. The first-order valence-corrected chi connectivity index (χ1v) is 19.0. The molecule has 0 amide bonds. The topological polar surface area (TPSA) is 16.4 Å². The number of furan rings is 1. The summed E-state index contributed by atoms with van der Waals surface area (Å²) in [7, 11) is 0. The molecule has 0 spiro atoms. The molecule has 2 heteroatoms. The Balaban J connectivity index is 1.27. The van der Waals surface area contributed by atoms with Crippen LogP contribution in [-0.4, -0.2) is 0 Å². The van der Waals surface area contributed by atoms with E-state index in [1.165, 1.54) is 66.7 Å². The summed E-state index contributed by atoms with van der Waals surface area (Å²) in [6, 6.07) is 60.2. The van der Waals surface area contributed by atoms with Gasteiger partial charge >= 0.3 is 0 Å². The van der Waals surface area contributed by atoms with E-state index in [2.05, 4.69) is 196 Å². The summed E-state index contributed by atoms with van der Waals surface area (Å²) >= 11 is 0. The molecule has 0 N–H and O–H groups in total. The Bertz CT molecular complexity index is 2910. The van der Waals surface area contributed by atoms with Gasteiger partial charge in [-0.3, -0.25) is 0 Å². The van der Waals surface area contributed by atoms with E-state index in [1.807, 2.05) is 0 Å². The van der Waals surface area contributed by atoms with Crippen LogP contribution in [0, 0.1) is 0 Å². The normalized spacial score (nSPS) is 14.6. The Labute approximate surface area is 315 Å². The summed E-state index contributed by atoms with van der Waals surface area (Å²) in [6.07, 6.45) is 0. The summed E-state index contributed by atoms with van der Waals surface area (Å²) < 4.78 is 6.95. The molecule has 8 aromatic carbocycles. The van der Waals surface area contributed by atoms with Crippen molar-refractivity contribution >= 4 is 49.8 Å². The molecule has 1 aromatic heterocycles. The Morgan fingerprint density at radius 1 is 0.426 bits per heavy atom. The third-order valence-electron chi connectivity index (χ3n) is 12.5. The second-order valence-corrected chi connectivity index (χ2v) is 16.1. The Morgan fingerprint density at radius 3 is 1.65 bits per heavy atom. The van der Waals surface area contributed by atoms with Crippen LogP contribution in [0.2, 0.25) is 0 Å². The molecule has 11 rings (SSSR count). The van der Waals surface area contributed by atoms with E-state index in [0.717, 1.165) is 38.8 Å². The first kappa shape index (κ1) is 31.2. The predicted molar refractivity (Wildman–Crippen MR) is 226 cm³/mol. The maximum Gasteiger partial charge on any atom is 0.145 e. The molecule has 0 aliphatic heterocycles. The molecule has 9 aromatic rings. The number of para-hydroxylation sites is 1. The number of hydrogen-bond acceptors (Lipinski definition) is 2. The lowest BCUT2D eigenvalue weighted by Gasteiger charge is -2.31. The van der Waals surface area contributed by atoms with E-state index in [-0.39, 0.29) is 10.8 Å². The van der Waals surface area contributed by atoms with Gasteiger partial charge in [0.1, 0.15) is 11.2 Å². The maximum atomic E-state index is 6.95. The van der Waals surface area contributed by atoms with Crippen LogP contribution in [0.1, 0.15) is 49.9 Å². The van der Waals surface area contributed by atoms with E-state index in [9.17, 15) is 0 Å². The number of benzene rings is 8. The second kappa shape index (κ2) is 11.1. The van der Waals surface area contributed by atoms with Crippen molar-refractivity contribution in [3.8, 4) is 33.4 Å². The van der Waals surface area contributed by atoms with Crippen molar-refractivity contribution < 1.29 is 4.42 Å². The summed E-state index contributed by atoms with van der Waals surface area (Å²) in [5.41, 5.74) is 17.8. The van der Waals surface area contributed by atoms with Crippen LogP contribution in [0.3, 0.4) is 0 Å². The first-order valence-electron chi connectivity index (χ1n) is 19.0. The second-order valence-electron chi connectivity index (χ2n) is 16.1. The first-order chi connectivity index (χ1) is 26.3.